The summed E-state index contributed by atoms with van der Waals surface area (Å²) < 4.78 is 2.29. The Morgan fingerprint density at radius 1 is 1.53 bits per heavy atom. The molecule has 0 amide bonds. The van der Waals surface area contributed by atoms with E-state index in [4.69, 9.17) is 5.11 Å². The van der Waals surface area contributed by atoms with Crippen molar-refractivity contribution in [3.8, 4) is 0 Å². The molecule has 0 saturated heterocycles. The molecule has 2 rings (SSSR count). The number of carboxylic acid groups (broad SMARTS) is 1. The van der Waals surface area contributed by atoms with Crippen LogP contribution >= 0.6 is 11.8 Å². The van der Waals surface area contributed by atoms with Gasteiger partial charge in [0.25, 0.3) is 0 Å². The Morgan fingerprint density at radius 3 is 2.79 bits per heavy atom. The van der Waals surface area contributed by atoms with Crippen molar-refractivity contribution in [1.29, 1.82) is 0 Å². The van der Waals surface area contributed by atoms with E-state index in [1.54, 1.807) is 0 Å². The molecular weight excluding hydrogens is 260 g/mol. The summed E-state index contributed by atoms with van der Waals surface area (Å²) in [5, 5.41) is 9.70. The predicted octanol–water partition coefficient (Wildman–Crippen LogP) is 3.23. The zero-order valence-corrected chi connectivity index (χ0v) is 12.6. The lowest BCUT2D eigenvalue weighted by Crippen LogP contribution is -2.18. The Hall–Kier alpha value is -0.970. The Balaban J connectivity index is 2.26. The van der Waals surface area contributed by atoms with Crippen LogP contribution in [-0.4, -0.2) is 26.4 Å². The molecule has 1 fully saturated rings. The first-order chi connectivity index (χ1) is 9.04. The zero-order chi connectivity index (χ0) is 14.0. The maximum Gasteiger partial charge on any atom is 0.313 e. The minimum Gasteiger partial charge on any atom is -0.481 e. The normalized spacial score (nSPS) is 26.8. The summed E-state index contributed by atoms with van der Waals surface area (Å²) in [5.74, 6) is 0.653. The van der Waals surface area contributed by atoms with Gasteiger partial charge in [0.05, 0.1) is 5.75 Å². The quantitative estimate of drug-likeness (QED) is 0.842. The van der Waals surface area contributed by atoms with Gasteiger partial charge in [0.2, 0.25) is 0 Å². The van der Waals surface area contributed by atoms with Gasteiger partial charge in [0, 0.05) is 17.9 Å². The second-order valence-corrected chi connectivity index (χ2v) is 6.36. The molecule has 4 nitrogen and oxygen atoms in total. The standard InChI is InChI=1S/C14H22N2O2S/c1-4-11-7-15-14(19-8-13(17)18)16(11)12-6-5-9(2)10(12)3/h7,9-10,12H,4-6,8H2,1-3H3,(H,17,18). The molecule has 0 aromatic carbocycles. The number of hydrogen-bond acceptors (Lipinski definition) is 3. The van der Waals surface area contributed by atoms with Crippen molar-refractivity contribution >= 4 is 17.7 Å². The van der Waals surface area contributed by atoms with Gasteiger partial charge >= 0.3 is 5.97 Å². The number of hydrogen-bond donors (Lipinski definition) is 1. The van der Waals surface area contributed by atoms with Gasteiger partial charge in [-0.3, -0.25) is 4.79 Å². The van der Waals surface area contributed by atoms with Crippen LogP contribution in [0.3, 0.4) is 0 Å². The molecule has 0 bridgehead atoms. The van der Waals surface area contributed by atoms with E-state index in [2.05, 4.69) is 30.3 Å². The van der Waals surface area contributed by atoms with E-state index in [1.165, 1.54) is 30.3 Å². The first-order valence-corrected chi connectivity index (χ1v) is 7.93. The smallest absolute Gasteiger partial charge is 0.313 e. The molecule has 3 unspecified atom stereocenters. The van der Waals surface area contributed by atoms with Crippen LogP contribution in [0.15, 0.2) is 11.4 Å². The van der Waals surface area contributed by atoms with Crippen molar-refractivity contribution in [2.45, 2.75) is 51.2 Å². The Bertz CT molecular complexity index is 458. The van der Waals surface area contributed by atoms with E-state index < -0.39 is 5.97 Å². The topological polar surface area (TPSA) is 55.1 Å². The molecule has 5 heteroatoms. The molecule has 0 radical (unpaired) electrons. The van der Waals surface area contributed by atoms with Gasteiger partial charge in [-0.25, -0.2) is 4.98 Å². The van der Waals surface area contributed by atoms with Crippen molar-refractivity contribution in [1.82, 2.24) is 9.55 Å². The Morgan fingerprint density at radius 2 is 2.26 bits per heavy atom. The third kappa shape index (κ3) is 2.96. The lowest BCUT2D eigenvalue weighted by Gasteiger charge is -2.23. The third-order valence-corrected chi connectivity index (χ3v) is 5.23. The fourth-order valence-electron chi connectivity index (χ4n) is 2.93. The highest BCUT2D eigenvalue weighted by Crippen LogP contribution is 2.42. The molecule has 1 aliphatic carbocycles. The molecule has 1 aromatic rings. The first-order valence-electron chi connectivity index (χ1n) is 6.95. The monoisotopic (exact) mass is 282 g/mol. The van der Waals surface area contributed by atoms with Gasteiger partial charge in [0.15, 0.2) is 5.16 Å². The van der Waals surface area contributed by atoms with Gasteiger partial charge in [-0.2, -0.15) is 0 Å². The van der Waals surface area contributed by atoms with Gasteiger partial charge in [-0.1, -0.05) is 32.5 Å². The van der Waals surface area contributed by atoms with E-state index in [0.29, 0.717) is 12.0 Å². The van der Waals surface area contributed by atoms with Crippen LogP contribution in [0, 0.1) is 11.8 Å². The SMILES string of the molecule is CCc1cnc(SCC(=O)O)n1C1CCC(C)C1C. The summed E-state index contributed by atoms with van der Waals surface area (Å²) in [5.41, 5.74) is 1.22. The number of thioether (sulfide) groups is 1. The number of imidazole rings is 1. The highest BCUT2D eigenvalue weighted by Gasteiger charge is 2.33. The summed E-state index contributed by atoms with van der Waals surface area (Å²) in [6.07, 6.45) is 5.26. The maximum absolute atomic E-state index is 10.7. The van der Waals surface area contributed by atoms with Crippen LogP contribution in [0.1, 0.15) is 45.3 Å². The van der Waals surface area contributed by atoms with Crippen molar-refractivity contribution in [3.63, 3.8) is 0 Å². The van der Waals surface area contributed by atoms with Crippen molar-refractivity contribution in [3.05, 3.63) is 11.9 Å². The van der Waals surface area contributed by atoms with Crippen LogP contribution < -0.4 is 0 Å². The number of carbonyl (C=O) groups is 1. The van der Waals surface area contributed by atoms with Gasteiger partial charge < -0.3 is 9.67 Å². The van der Waals surface area contributed by atoms with E-state index in [0.717, 1.165) is 17.5 Å². The third-order valence-electron chi connectivity index (χ3n) is 4.28. The van der Waals surface area contributed by atoms with Crippen molar-refractivity contribution in [2.75, 3.05) is 5.75 Å². The molecule has 1 aromatic heterocycles. The van der Waals surface area contributed by atoms with Crippen molar-refractivity contribution in [2.24, 2.45) is 11.8 Å². The highest BCUT2D eigenvalue weighted by atomic mass is 32.2. The number of nitrogens with zero attached hydrogens (tertiary/aromatic N) is 2. The first kappa shape index (κ1) is 14.4. The molecule has 0 spiro atoms. The van der Waals surface area contributed by atoms with Crippen LogP contribution in [0.2, 0.25) is 0 Å². The fourth-order valence-corrected chi connectivity index (χ4v) is 3.70. The summed E-state index contributed by atoms with van der Waals surface area (Å²) in [4.78, 5) is 15.2. The van der Waals surface area contributed by atoms with Crippen LogP contribution in [0.4, 0.5) is 0 Å². The van der Waals surface area contributed by atoms with Crippen LogP contribution in [0.25, 0.3) is 0 Å². The molecule has 19 heavy (non-hydrogen) atoms. The second kappa shape index (κ2) is 5.99. The fraction of sp³-hybridized carbons (Fsp3) is 0.714. The Labute approximate surface area is 118 Å². The number of carboxylic acids is 1. The number of aryl methyl sites for hydroxylation is 1. The van der Waals surface area contributed by atoms with Crippen molar-refractivity contribution < 1.29 is 9.90 Å². The average Bonchev–Trinajstić information content (AvgIpc) is 2.92. The molecular formula is C14H22N2O2S. The van der Waals surface area contributed by atoms with E-state index in [-0.39, 0.29) is 5.75 Å². The Kier molecular flexibility index (Phi) is 4.55. The second-order valence-electron chi connectivity index (χ2n) is 5.42. The maximum atomic E-state index is 10.7. The molecule has 106 valence electrons. The lowest BCUT2D eigenvalue weighted by atomic mass is 9.97. The molecule has 1 N–H and O–H groups in total. The predicted molar refractivity (Wildman–Crippen MR) is 76.6 cm³/mol. The molecule has 1 aliphatic rings. The molecule has 1 heterocycles. The summed E-state index contributed by atoms with van der Waals surface area (Å²) >= 11 is 1.33. The summed E-state index contributed by atoms with van der Waals surface area (Å²) in [6, 6.07) is 0.476. The van der Waals surface area contributed by atoms with Gasteiger partial charge in [0.1, 0.15) is 0 Å². The summed E-state index contributed by atoms with van der Waals surface area (Å²) in [7, 11) is 0. The molecule has 1 saturated carbocycles. The van der Waals surface area contributed by atoms with E-state index >= 15 is 0 Å². The highest BCUT2D eigenvalue weighted by molar-refractivity contribution is 7.99. The number of rotatable bonds is 5. The summed E-state index contributed by atoms with van der Waals surface area (Å²) in [6.45, 7) is 6.73. The minimum absolute atomic E-state index is 0.0802. The van der Waals surface area contributed by atoms with E-state index in [1.807, 2.05) is 6.20 Å². The van der Waals surface area contributed by atoms with Gasteiger partial charge in [-0.05, 0) is 31.1 Å². The van der Waals surface area contributed by atoms with Crippen LogP contribution in [0.5, 0.6) is 0 Å². The number of aliphatic carboxylic acids is 1. The van der Waals surface area contributed by atoms with Crippen LogP contribution in [-0.2, 0) is 11.2 Å². The average molecular weight is 282 g/mol. The molecule has 3 atom stereocenters. The zero-order valence-electron chi connectivity index (χ0n) is 11.8. The minimum atomic E-state index is -0.787. The lowest BCUT2D eigenvalue weighted by molar-refractivity contribution is -0.133. The van der Waals surface area contributed by atoms with E-state index in [9.17, 15) is 4.79 Å². The largest absolute Gasteiger partial charge is 0.481 e. The van der Waals surface area contributed by atoms with Gasteiger partial charge in [-0.15, -0.1) is 0 Å². The molecule has 0 aliphatic heterocycles. The number of aromatic nitrogens is 2.